The van der Waals surface area contributed by atoms with E-state index in [1.54, 1.807) is 6.07 Å². The highest BCUT2D eigenvalue weighted by molar-refractivity contribution is 7.89. The number of fused-ring (bicyclic) bond motifs is 2. The van der Waals surface area contributed by atoms with Gasteiger partial charge in [-0.25, -0.2) is 8.42 Å². The molecule has 1 amide bonds. The van der Waals surface area contributed by atoms with Gasteiger partial charge in [-0.15, -0.1) is 0 Å². The Labute approximate surface area is 187 Å². The topological polar surface area (TPSA) is 99.3 Å². The van der Waals surface area contributed by atoms with E-state index in [4.69, 9.17) is 0 Å². The quantitative estimate of drug-likeness (QED) is 0.537. The number of hydrogen-bond acceptors (Lipinski definition) is 4. The van der Waals surface area contributed by atoms with E-state index in [0.29, 0.717) is 31.6 Å². The minimum atomic E-state index is -3.79. The van der Waals surface area contributed by atoms with E-state index in [1.807, 2.05) is 24.3 Å². The molecule has 2 aromatic carbocycles. The number of benzene rings is 2. The lowest BCUT2D eigenvalue weighted by molar-refractivity contribution is 0.0951. The van der Waals surface area contributed by atoms with Gasteiger partial charge < -0.3 is 10.3 Å². The van der Waals surface area contributed by atoms with E-state index in [9.17, 15) is 18.0 Å². The van der Waals surface area contributed by atoms with Crippen molar-refractivity contribution in [1.82, 2.24) is 14.6 Å². The third kappa shape index (κ3) is 4.33. The summed E-state index contributed by atoms with van der Waals surface area (Å²) < 4.78 is 28.1. The lowest BCUT2D eigenvalue weighted by atomic mass is 10.0. The molecular weight excluding hydrogens is 426 g/mol. The number of H-pyrrole nitrogens is 1. The molecule has 168 valence electrons. The first kappa shape index (κ1) is 22.2. The Kier molecular flexibility index (Phi) is 6.43. The monoisotopic (exact) mass is 453 g/mol. The molecule has 8 heteroatoms. The summed E-state index contributed by atoms with van der Waals surface area (Å²) in [6, 6.07) is 12.3. The van der Waals surface area contributed by atoms with Crippen LogP contribution in [0.25, 0.3) is 10.9 Å². The van der Waals surface area contributed by atoms with E-state index >= 15 is 0 Å². The Hall–Kier alpha value is -2.97. The molecule has 1 aliphatic rings. The molecule has 3 aromatic rings. The molecule has 0 saturated heterocycles. The predicted octanol–water partition coefficient (Wildman–Crippen LogP) is 3.20. The van der Waals surface area contributed by atoms with Crippen LogP contribution < -0.4 is 10.7 Å². The normalized spacial score (nSPS) is 14.3. The molecule has 0 spiro atoms. The van der Waals surface area contributed by atoms with Crippen LogP contribution in [0.5, 0.6) is 0 Å². The summed E-state index contributed by atoms with van der Waals surface area (Å²) in [5, 5.41) is 2.94. The van der Waals surface area contributed by atoms with Gasteiger partial charge in [-0.05, 0) is 42.2 Å². The molecule has 4 rings (SSSR count). The summed E-state index contributed by atoms with van der Waals surface area (Å²) in [6.07, 6.45) is 4.90. The number of amides is 1. The number of aromatic nitrogens is 1. The zero-order valence-electron chi connectivity index (χ0n) is 18.1. The van der Waals surface area contributed by atoms with E-state index in [2.05, 4.69) is 17.2 Å². The van der Waals surface area contributed by atoms with Crippen molar-refractivity contribution in [3.8, 4) is 0 Å². The van der Waals surface area contributed by atoms with Crippen molar-refractivity contribution in [2.75, 3.05) is 13.1 Å². The van der Waals surface area contributed by atoms with Crippen LogP contribution in [0.15, 0.2) is 58.4 Å². The molecule has 0 aliphatic carbocycles. The second kappa shape index (κ2) is 9.26. The highest BCUT2D eigenvalue weighted by Crippen LogP contribution is 2.26. The summed E-state index contributed by atoms with van der Waals surface area (Å²) in [7, 11) is -3.79. The minimum Gasteiger partial charge on any atom is -0.360 e. The van der Waals surface area contributed by atoms with Gasteiger partial charge in [-0.3, -0.25) is 9.59 Å². The molecule has 0 radical (unpaired) electrons. The first-order chi connectivity index (χ1) is 15.4. The van der Waals surface area contributed by atoms with Crippen LogP contribution >= 0.6 is 0 Å². The first-order valence-electron chi connectivity index (χ1n) is 10.9. The zero-order valence-corrected chi connectivity index (χ0v) is 18.9. The number of carbonyl (C=O) groups excluding carboxylic acids is 1. The lowest BCUT2D eigenvalue weighted by Gasteiger charge is -2.28. The molecule has 7 nitrogen and oxygen atoms in total. The van der Waals surface area contributed by atoms with Crippen molar-refractivity contribution < 1.29 is 13.2 Å². The molecule has 2 heterocycles. The van der Waals surface area contributed by atoms with Crippen LogP contribution in [0.3, 0.4) is 0 Å². The molecule has 0 fully saturated rings. The lowest BCUT2D eigenvalue weighted by Crippen LogP contribution is -2.36. The van der Waals surface area contributed by atoms with Gasteiger partial charge in [0, 0.05) is 36.7 Å². The van der Waals surface area contributed by atoms with Gasteiger partial charge in [0.05, 0.1) is 4.90 Å². The number of hydrogen-bond donors (Lipinski definition) is 2. The van der Waals surface area contributed by atoms with Gasteiger partial charge in [0.15, 0.2) is 0 Å². The third-order valence-electron chi connectivity index (χ3n) is 5.90. The molecule has 0 saturated carbocycles. The van der Waals surface area contributed by atoms with E-state index in [0.717, 1.165) is 30.4 Å². The summed E-state index contributed by atoms with van der Waals surface area (Å²) in [5.41, 5.74) is 2.13. The average Bonchev–Trinajstić information content (AvgIpc) is 2.81. The molecule has 1 aliphatic heterocycles. The maximum Gasteiger partial charge on any atom is 0.256 e. The highest BCUT2D eigenvalue weighted by atomic mass is 32.2. The van der Waals surface area contributed by atoms with Crippen LogP contribution in [0.2, 0.25) is 0 Å². The fourth-order valence-corrected chi connectivity index (χ4v) is 5.47. The Morgan fingerprint density at radius 3 is 2.69 bits per heavy atom. The second-order valence-corrected chi connectivity index (χ2v) is 10.00. The maximum absolute atomic E-state index is 13.3. The predicted molar refractivity (Wildman–Crippen MR) is 124 cm³/mol. The molecular formula is C24H27N3O4S. The number of unbranched alkanes of at least 4 members (excludes halogenated alkanes) is 2. The maximum atomic E-state index is 13.3. The molecule has 0 bridgehead atoms. The van der Waals surface area contributed by atoms with Gasteiger partial charge in [0.2, 0.25) is 15.5 Å². The van der Waals surface area contributed by atoms with E-state index in [-0.39, 0.29) is 15.8 Å². The number of pyridine rings is 1. The smallest absolute Gasteiger partial charge is 0.256 e. The number of nitrogens with one attached hydrogen (secondary N) is 2. The van der Waals surface area contributed by atoms with E-state index < -0.39 is 21.4 Å². The highest BCUT2D eigenvalue weighted by Gasteiger charge is 2.28. The van der Waals surface area contributed by atoms with Gasteiger partial charge in [-0.2, -0.15) is 4.31 Å². The van der Waals surface area contributed by atoms with Crippen LogP contribution in [0.4, 0.5) is 0 Å². The number of sulfonamides is 1. The molecule has 2 N–H and O–H groups in total. The van der Waals surface area contributed by atoms with Crippen molar-refractivity contribution >= 4 is 26.8 Å². The van der Waals surface area contributed by atoms with Gasteiger partial charge in [-0.1, -0.05) is 44.0 Å². The number of carbonyl (C=O) groups is 1. The summed E-state index contributed by atoms with van der Waals surface area (Å²) in [5.74, 6) is -0.454. The van der Waals surface area contributed by atoms with Crippen molar-refractivity contribution in [3.05, 3.63) is 75.6 Å². The standard InChI is InChI=1S/C24H27N3O4S/c1-2-3-6-12-25-24(29)21-15-26-22-10-9-19(14-20(22)23(21)28)32(30,31)27-13-11-17-7-4-5-8-18(17)16-27/h4-5,7-10,14-15H,2-3,6,11-13,16H2,1H3,(H,25,29)(H,26,28). The van der Waals surface area contributed by atoms with Crippen LogP contribution in [-0.2, 0) is 23.0 Å². The van der Waals surface area contributed by atoms with Crippen LogP contribution in [0.1, 0.15) is 47.7 Å². The molecule has 0 unspecified atom stereocenters. The largest absolute Gasteiger partial charge is 0.360 e. The summed E-state index contributed by atoms with van der Waals surface area (Å²) >= 11 is 0. The molecule has 0 atom stereocenters. The number of aromatic amines is 1. The van der Waals surface area contributed by atoms with Gasteiger partial charge in [0.25, 0.3) is 5.91 Å². The Balaban J connectivity index is 1.63. The van der Waals surface area contributed by atoms with Gasteiger partial charge >= 0.3 is 0 Å². The minimum absolute atomic E-state index is 0.0181. The summed E-state index contributed by atoms with van der Waals surface area (Å²) in [4.78, 5) is 28.4. The molecule has 1 aromatic heterocycles. The van der Waals surface area contributed by atoms with Crippen molar-refractivity contribution in [3.63, 3.8) is 0 Å². The average molecular weight is 454 g/mol. The fourth-order valence-electron chi connectivity index (χ4n) is 4.02. The van der Waals surface area contributed by atoms with Crippen molar-refractivity contribution in [1.29, 1.82) is 0 Å². The Morgan fingerprint density at radius 2 is 1.91 bits per heavy atom. The second-order valence-electron chi connectivity index (χ2n) is 8.06. The number of rotatable bonds is 7. The SMILES string of the molecule is CCCCCNC(=O)c1c[nH]c2ccc(S(=O)(=O)N3CCc4ccccc4C3)cc2c1=O. The van der Waals surface area contributed by atoms with Crippen molar-refractivity contribution in [2.45, 2.75) is 44.0 Å². The first-order valence-corrected chi connectivity index (χ1v) is 12.4. The molecule has 32 heavy (non-hydrogen) atoms. The van der Waals surface area contributed by atoms with Gasteiger partial charge in [0.1, 0.15) is 5.56 Å². The third-order valence-corrected chi connectivity index (χ3v) is 7.74. The van der Waals surface area contributed by atoms with Crippen LogP contribution in [-0.4, -0.2) is 36.7 Å². The zero-order chi connectivity index (χ0) is 22.7. The summed E-state index contributed by atoms with van der Waals surface area (Å²) in [6.45, 7) is 3.25. The van der Waals surface area contributed by atoms with Crippen molar-refractivity contribution in [2.24, 2.45) is 0 Å². The fraction of sp³-hybridized carbons (Fsp3) is 0.333. The number of nitrogens with zero attached hydrogens (tertiary/aromatic N) is 1. The Morgan fingerprint density at radius 1 is 1.12 bits per heavy atom. The van der Waals surface area contributed by atoms with Crippen LogP contribution in [0, 0.1) is 0 Å². The Bertz CT molecular complexity index is 1310. The van der Waals surface area contributed by atoms with E-state index in [1.165, 1.54) is 22.6 Å².